The van der Waals surface area contributed by atoms with Gasteiger partial charge in [-0.1, -0.05) is 24.3 Å². The van der Waals surface area contributed by atoms with E-state index in [2.05, 4.69) is 20.2 Å². The maximum Gasteiger partial charge on any atom is 0.490 e. The first kappa shape index (κ1) is 30.1. The molecule has 42 heavy (non-hydrogen) atoms. The molecule has 0 aliphatic carbocycles. The van der Waals surface area contributed by atoms with E-state index in [1.807, 2.05) is 85.3 Å². The number of amides is 2. The molecule has 0 atom stereocenters. The number of pyridine rings is 1. The van der Waals surface area contributed by atoms with Crippen molar-refractivity contribution in [3.8, 4) is 0 Å². The number of anilines is 2. The van der Waals surface area contributed by atoms with E-state index in [0.29, 0.717) is 23.7 Å². The van der Waals surface area contributed by atoms with Crippen LogP contribution in [0.1, 0.15) is 23.2 Å². The van der Waals surface area contributed by atoms with Gasteiger partial charge in [-0.15, -0.1) is 0 Å². The second-order valence-corrected chi connectivity index (χ2v) is 9.75. The fraction of sp³-hybridized carbons (Fsp3) is 0.267. The van der Waals surface area contributed by atoms with Gasteiger partial charge < -0.3 is 20.3 Å². The number of para-hydroxylation sites is 1. The van der Waals surface area contributed by atoms with Gasteiger partial charge in [-0.3, -0.25) is 19.5 Å². The van der Waals surface area contributed by atoms with Crippen molar-refractivity contribution in [2.24, 2.45) is 5.92 Å². The SMILES string of the molecule is O=C(CN(C(=O)c1ccc2cc[nH]c2c1)c1ccccc1)NCC1CCN(c2ccncc2)CC1.O=C(O)C(F)(F)F. The summed E-state index contributed by atoms with van der Waals surface area (Å²) in [6.45, 7) is 2.51. The van der Waals surface area contributed by atoms with Crippen LogP contribution in [-0.2, 0) is 9.59 Å². The van der Waals surface area contributed by atoms with Crippen LogP contribution in [0.25, 0.3) is 10.9 Å². The monoisotopic (exact) mass is 581 g/mol. The number of aromatic nitrogens is 2. The Morgan fingerprint density at radius 2 is 1.67 bits per heavy atom. The fourth-order valence-electron chi connectivity index (χ4n) is 4.63. The summed E-state index contributed by atoms with van der Waals surface area (Å²) in [4.78, 5) is 46.4. The summed E-state index contributed by atoms with van der Waals surface area (Å²) >= 11 is 0. The van der Waals surface area contributed by atoms with E-state index < -0.39 is 12.1 Å². The second kappa shape index (κ2) is 13.7. The Morgan fingerprint density at radius 3 is 2.31 bits per heavy atom. The predicted octanol–water partition coefficient (Wildman–Crippen LogP) is 4.88. The first-order chi connectivity index (χ1) is 20.1. The molecule has 9 nitrogen and oxygen atoms in total. The van der Waals surface area contributed by atoms with Gasteiger partial charge in [0.1, 0.15) is 6.54 Å². The molecular formula is C30H30F3N5O4. The van der Waals surface area contributed by atoms with E-state index in [1.165, 1.54) is 5.69 Å². The van der Waals surface area contributed by atoms with Crippen molar-refractivity contribution in [1.82, 2.24) is 15.3 Å². The van der Waals surface area contributed by atoms with Gasteiger partial charge in [-0.2, -0.15) is 13.2 Å². The minimum Gasteiger partial charge on any atom is -0.475 e. The Kier molecular flexibility index (Phi) is 9.79. The molecule has 1 aliphatic rings. The topological polar surface area (TPSA) is 119 Å². The molecule has 0 bridgehead atoms. The summed E-state index contributed by atoms with van der Waals surface area (Å²) in [6, 6.07) is 20.9. The van der Waals surface area contributed by atoms with Crippen LogP contribution < -0.4 is 15.1 Å². The number of carboxylic acids is 1. The summed E-state index contributed by atoms with van der Waals surface area (Å²) in [5.41, 5.74) is 3.33. The lowest BCUT2D eigenvalue weighted by Crippen LogP contribution is -2.44. The van der Waals surface area contributed by atoms with Crippen molar-refractivity contribution in [3.05, 3.63) is 90.9 Å². The van der Waals surface area contributed by atoms with Crippen LogP contribution in [0.2, 0.25) is 0 Å². The van der Waals surface area contributed by atoms with Crippen LogP contribution >= 0.6 is 0 Å². The zero-order valence-electron chi connectivity index (χ0n) is 22.6. The van der Waals surface area contributed by atoms with Crippen molar-refractivity contribution in [2.75, 3.05) is 36.0 Å². The Bertz CT molecular complexity index is 1490. The minimum atomic E-state index is -5.08. The molecule has 5 rings (SSSR count). The number of hydrogen-bond donors (Lipinski definition) is 3. The summed E-state index contributed by atoms with van der Waals surface area (Å²) in [7, 11) is 0. The van der Waals surface area contributed by atoms with Gasteiger partial charge >= 0.3 is 12.1 Å². The van der Waals surface area contributed by atoms with Crippen LogP contribution in [0.5, 0.6) is 0 Å². The number of rotatable bonds is 7. The molecule has 2 aromatic carbocycles. The number of carbonyl (C=O) groups excluding carboxylic acids is 2. The number of hydrogen-bond acceptors (Lipinski definition) is 5. The molecule has 220 valence electrons. The Labute approximate surface area is 240 Å². The highest BCUT2D eigenvalue weighted by Gasteiger charge is 2.38. The number of halogens is 3. The van der Waals surface area contributed by atoms with Gasteiger partial charge in [-0.25, -0.2) is 4.79 Å². The first-order valence-electron chi connectivity index (χ1n) is 13.3. The molecule has 0 spiro atoms. The number of piperidine rings is 1. The summed E-state index contributed by atoms with van der Waals surface area (Å²) in [5, 5.41) is 11.2. The molecular weight excluding hydrogens is 551 g/mol. The second-order valence-electron chi connectivity index (χ2n) is 9.75. The van der Waals surface area contributed by atoms with Gasteiger partial charge in [-0.05, 0) is 66.6 Å². The van der Waals surface area contributed by atoms with E-state index in [4.69, 9.17) is 9.90 Å². The smallest absolute Gasteiger partial charge is 0.475 e. The van der Waals surface area contributed by atoms with E-state index in [9.17, 15) is 22.8 Å². The van der Waals surface area contributed by atoms with Gasteiger partial charge in [0.2, 0.25) is 5.91 Å². The lowest BCUT2D eigenvalue weighted by Gasteiger charge is -2.33. The van der Waals surface area contributed by atoms with Crippen LogP contribution in [0.15, 0.2) is 85.3 Å². The van der Waals surface area contributed by atoms with Gasteiger partial charge in [0, 0.05) is 60.7 Å². The Morgan fingerprint density at radius 1 is 1.00 bits per heavy atom. The van der Waals surface area contributed by atoms with Crippen molar-refractivity contribution in [3.63, 3.8) is 0 Å². The maximum atomic E-state index is 13.4. The molecule has 1 fully saturated rings. The van der Waals surface area contributed by atoms with Gasteiger partial charge in [0.15, 0.2) is 0 Å². The standard InChI is InChI=1S/C28H29N5O2.C2HF3O2/c34-27(31-19-21-11-16-32(17-12-21)24-9-13-29-14-10-24)20-33(25-4-2-1-3-5-25)28(35)23-7-6-22-8-15-30-26(22)18-23;3-2(4,5)1(6)7/h1-10,13-15,18,21,30H,11-12,16-17,19-20H2,(H,31,34);(H,6,7). The van der Waals surface area contributed by atoms with E-state index in [0.717, 1.165) is 36.8 Å². The number of fused-ring (bicyclic) bond motifs is 1. The quantitative estimate of drug-likeness (QED) is 0.287. The lowest BCUT2D eigenvalue weighted by atomic mass is 9.96. The third-order valence-electron chi connectivity index (χ3n) is 6.89. The Balaban J connectivity index is 0.000000517. The average molecular weight is 582 g/mol. The molecule has 1 aliphatic heterocycles. The summed E-state index contributed by atoms with van der Waals surface area (Å²) < 4.78 is 31.7. The van der Waals surface area contributed by atoms with E-state index in [1.54, 1.807) is 4.90 Å². The van der Waals surface area contributed by atoms with Crippen LogP contribution in [0, 0.1) is 5.92 Å². The number of carbonyl (C=O) groups is 3. The van der Waals surface area contributed by atoms with Crippen LogP contribution in [0.3, 0.4) is 0 Å². The third kappa shape index (κ3) is 8.09. The first-order valence-corrected chi connectivity index (χ1v) is 13.3. The molecule has 1 saturated heterocycles. The zero-order chi connectivity index (χ0) is 30.1. The van der Waals surface area contributed by atoms with Crippen LogP contribution in [-0.4, -0.2) is 65.2 Å². The van der Waals surface area contributed by atoms with Crippen LogP contribution in [0.4, 0.5) is 24.5 Å². The summed E-state index contributed by atoms with van der Waals surface area (Å²) in [5.74, 6) is -2.69. The number of aromatic amines is 1. The molecule has 3 heterocycles. The minimum absolute atomic E-state index is 0.0263. The lowest BCUT2D eigenvalue weighted by molar-refractivity contribution is -0.192. The van der Waals surface area contributed by atoms with Crippen molar-refractivity contribution in [2.45, 2.75) is 19.0 Å². The zero-order valence-corrected chi connectivity index (χ0v) is 22.6. The largest absolute Gasteiger partial charge is 0.490 e. The molecule has 12 heteroatoms. The fourth-order valence-corrected chi connectivity index (χ4v) is 4.63. The normalized spacial score (nSPS) is 13.6. The molecule has 0 radical (unpaired) electrons. The molecule has 4 aromatic rings. The van der Waals surface area contributed by atoms with E-state index >= 15 is 0 Å². The van der Waals surface area contributed by atoms with Crippen molar-refractivity contribution >= 4 is 40.1 Å². The molecule has 3 N–H and O–H groups in total. The van der Waals surface area contributed by atoms with Crippen molar-refractivity contribution in [1.29, 1.82) is 0 Å². The number of nitrogens with zero attached hydrogens (tertiary/aromatic N) is 3. The number of benzene rings is 2. The van der Waals surface area contributed by atoms with E-state index in [-0.39, 0.29) is 18.4 Å². The van der Waals surface area contributed by atoms with Gasteiger partial charge in [0.25, 0.3) is 5.91 Å². The third-order valence-corrected chi connectivity index (χ3v) is 6.89. The van der Waals surface area contributed by atoms with Gasteiger partial charge in [0.05, 0.1) is 0 Å². The maximum absolute atomic E-state index is 13.4. The predicted molar refractivity (Wildman–Crippen MR) is 152 cm³/mol. The molecule has 0 saturated carbocycles. The Hall–Kier alpha value is -4.87. The molecule has 2 amide bonds. The highest BCUT2D eigenvalue weighted by molar-refractivity contribution is 6.10. The number of H-pyrrole nitrogens is 1. The number of carboxylic acid groups (broad SMARTS) is 1. The molecule has 0 unspecified atom stereocenters. The number of nitrogens with one attached hydrogen (secondary N) is 2. The highest BCUT2D eigenvalue weighted by Crippen LogP contribution is 2.23. The average Bonchev–Trinajstić information content (AvgIpc) is 3.48. The number of alkyl halides is 3. The molecule has 2 aromatic heterocycles. The van der Waals surface area contributed by atoms with Crippen molar-refractivity contribution < 1.29 is 32.7 Å². The highest BCUT2D eigenvalue weighted by atomic mass is 19.4. The number of aliphatic carboxylic acids is 1. The summed E-state index contributed by atoms with van der Waals surface area (Å²) in [6.07, 6.45) is 2.43.